The number of Topliss-reactive ketones (excluding diaryl/α,β-unsaturated/α-hetero) is 2. The Balaban J connectivity index is 1.99. The summed E-state index contributed by atoms with van der Waals surface area (Å²) in [6.07, 6.45) is -5.81. The number of esters is 1. The molecule has 1 fully saturated rings. The van der Waals surface area contributed by atoms with Crippen LogP contribution in [0.3, 0.4) is 0 Å². The average molecular weight is 582 g/mol. The van der Waals surface area contributed by atoms with Crippen molar-refractivity contribution in [3.05, 3.63) is 117 Å². The molecular weight excluding hydrogens is 555 g/mol. The molecule has 1 N–H and O–H groups in total. The summed E-state index contributed by atoms with van der Waals surface area (Å²) >= 11 is 0. The number of aryl methyl sites for hydroxylation is 1. The number of benzene rings is 3. The highest BCUT2D eigenvalue weighted by atomic mass is 19.4. The van der Waals surface area contributed by atoms with Gasteiger partial charge in [0.2, 0.25) is 6.04 Å². The largest absolute Gasteiger partial charge is 0.466 e. The molecule has 11 heteroatoms. The summed E-state index contributed by atoms with van der Waals surface area (Å²) < 4.78 is 52.1. The molecule has 1 spiro atoms. The van der Waals surface area contributed by atoms with E-state index in [2.05, 4.69) is 0 Å². The number of carbonyl (C=O) groups is 3. The Kier molecular flexibility index (Phi) is 7.05. The summed E-state index contributed by atoms with van der Waals surface area (Å²) in [6, 6.07) is 15.4. The molecule has 3 aromatic carbocycles. The van der Waals surface area contributed by atoms with Gasteiger partial charge in [-0.3, -0.25) is 24.5 Å². The zero-order valence-corrected chi connectivity index (χ0v) is 22.5. The highest BCUT2D eigenvalue weighted by molar-refractivity contribution is 6.31. The van der Waals surface area contributed by atoms with Crippen molar-refractivity contribution in [1.82, 2.24) is 0 Å². The average Bonchev–Trinajstić information content (AvgIpc) is 3.17. The number of alkyl halides is 3. The predicted molar refractivity (Wildman–Crippen MR) is 143 cm³/mol. The molecule has 8 nitrogen and oxygen atoms in total. The van der Waals surface area contributed by atoms with E-state index in [-0.39, 0.29) is 11.1 Å². The molecule has 0 heterocycles. The number of hydrogen-bond acceptors (Lipinski definition) is 7. The van der Waals surface area contributed by atoms with Gasteiger partial charge in [0.15, 0.2) is 17.2 Å². The van der Waals surface area contributed by atoms with Gasteiger partial charge in [-0.2, -0.15) is 13.2 Å². The zero-order chi connectivity index (χ0) is 30.6. The number of fused-ring (bicyclic) bond motifs is 1. The van der Waals surface area contributed by atoms with Crippen LogP contribution in [0.1, 0.15) is 56.2 Å². The number of nitro groups is 1. The lowest BCUT2D eigenvalue weighted by molar-refractivity contribution is -0.544. The minimum atomic E-state index is -5.81. The molecule has 2 aliphatic rings. The van der Waals surface area contributed by atoms with Gasteiger partial charge in [-0.25, -0.2) is 0 Å². The van der Waals surface area contributed by atoms with Gasteiger partial charge in [0, 0.05) is 16.1 Å². The molecule has 0 amide bonds. The van der Waals surface area contributed by atoms with Gasteiger partial charge in [-0.15, -0.1) is 0 Å². The van der Waals surface area contributed by atoms with E-state index in [4.69, 9.17) is 4.74 Å². The van der Waals surface area contributed by atoms with Gasteiger partial charge in [0.1, 0.15) is 11.3 Å². The Morgan fingerprint density at radius 3 is 1.93 bits per heavy atom. The van der Waals surface area contributed by atoms with E-state index in [0.29, 0.717) is 5.56 Å². The van der Waals surface area contributed by atoms with Crippen LogP contribution >= 0.6 is 0 Å². The van der Waals surface area contributed by atoms with E-state index in [1.54, 1.807) is 6.92 Å². The number of nitrogens with zero attached hydrogens (tertiary/aromatic N) is 1. The Labute approximate surface area is 238 Å². The molecule has 0 unspecified atom stereocenters. The first-order valence-corrected chi connectivity index (χ1v) is 13.2. The molecule has 0 radical (unpaired) electrons. The maximum atomic E-state index is 15.7. The van der Waals surface area contributed by atoms with E-state index < -0.39 is 81.2 Å². The van der Waals surface area contributed by atoms with Crippen LogP contribution in [0.25, 0.3) is 0 Å². The Morgan fingerprint density at radius 2 is 1.45 bits per heavy atom. The lowest BCUT2D eigenvalue weighted by Crippen LogP contribution is -2.76. The predicted octanol–water partition coefficient (Wildman–Crippen LogP) is 5.06. The van der Waals surface area contributed by atoms with E-state index in [9.17, 15) is 29.6 Å². The van der Waals surface area contributed by atoms with Crippen LogP contribution in [0.5, 0.6) is 0 Å². The zero-order valence-electron chi connectivity index (χ0n) is 22.5. The maximum Gasteiger partial charge on any atom is 0.419 e. The van der Waals surface area contributed by atoms with Gasteiger partial charge in [-0.05, 0) is 25.0 Å². The molecule has 2 aliphatic carbocycles. The van der Waals surface area contributed by atoms with Crippen LogP contribution < -0.4 is 0 Å². The van der Waals surface area contributed by atoms with Crippen LogP contribution in [-0.2, 0) is 9.53 Å². The molecular formula is C31H26F3NO7. The van der Waals surface area contributed by atoms with Gasteiger partial charge in [0.25, 0.3) is 0 Å². The summed E-state index contributed by atoms with van der Waals surface area (Å²) in [5, 5.41) is 25.3. The number of rotatable bonds is 5. The Morgan fingerprint density at radius 1 is 0.929 bits per heavy atom. The number of ether oxygens (including phenoxy) is 1. The molecule has 42 heavy (non-hydrogen) atoms. The number of ketones is 2. The van der Waals surface area contributed by atoms with Gasteiger partial charge < -0.3 is 9.84 Å². The summed E-state index contributed by atoms with van der Waals surface area (Å²) in [6.45, 7) is 2.59. The molecule has 3 aromatic rings. The molecule has 0 bridgehead atoms. The first kappa shape index (κ1) is 29.1. The molecule has 5 atom stereocenters. The van der Waals surface area contributed by atoms with Crippen LogP contribution in [0.15, 0.2) is 78.9 Å². The summed E-state index contributed by atoms with van der Waals surface area (Å²) in [7, 11) is 0. The molecule has 0 saturated heterocycles. The summed E-state index contributed by atoms with van der Waals surface area (Å²) in [5.41, 5.74) is -8.31. The van der Waals surface area contributed by atoms with Crippen LogP contribution in [0.2, 0.25) is 0 Å². The second-order valence-corrected chi connectivity index (χ2v) is 10.6. The van der Waals surface area contributed by atoms with Gasteiger partial charge in [-0.1, -0.05) is 84.4 Å². The van der Waals surface area contributed by atoms with Crippen molar-refractivity contribution in [2.24, 2.45) is 11.3 Å². The standard InChI is InChI=1S/C31H26F3NO7/c1-3-42-28(38)24-22(18-15-13-17(2)14-16-18)25(35(40)41)23(19-9-5-4-6-10-19)29(30(24,39)31(32,33)34)26(36)20-11-7-8-12-21(20)27(29)37/h4-16,22-25,39H,3H2,1-2H3/t22-,23+,24+,25-,30-/m1/s1. The van der Waals surface area contributed by atoms with Crippen molar-refractivity contribution >= 4 is 17.5 Å². The van der Waals surface area contributed by atoms with Crippen molar-refractivity contribution in [2.45, 2.75) is 43.5 Å². The normalized spacial score (nSPS) is 26.6. The van der Waals surface area contributed by atoms with Gasteiger partial charge in [0.05, 0.1) is 18.4 Å². The maximum absolute atomic E-state index is 15.7. The fourth-order valence-corrected chi connectivity index (χ4v) is 6.93. The van der Waals surface area contributed by atoms with Crippen molar-refractivity contribution in [3.8, 4) is 0 Å². The van der Waals surface area contributed by atoms with E-state index in [1.807, 2.05) is 0 Å². The van der Waals surface area contributed by atoms with Crippen molar-refractivity contribution in [3.63, 3.8) is 0 Å². The smallest absolute Gasteiger partial charge is 0.419 e. The monoisotopic (exact) mass is 581 g/mol. The topological polar surface area (TPSA) is 124 Å². The Bertz CT molecular complexity index is 1540. The summed E-state index contributed by atoms with van der Waals surface area (Å²) in [4.78, 5) is 54.5. The fraction of sp³-hybridized carbons (Fsp3) is 0.323. The number of halogens is 3. The fourth-order valence-electron chi connectivity index (χ4n) is 6.93. The molecule has 1 saturated carbocycles. The molecule has 5 rings (SSSR count). The Hall–Kier alpha value is -4.38. The number of hydrogen-bond donors (Lipinski definition) is 1. The lowest BCUT2D eigenvalue weighted by atomic mass is 9.45. The minimum absolute atomic E-state index is 0.0609. The number of carbonyl (C=O) groups excluding carboxylic acids is 3. The second-order valence-electron chi connectivity index (χ2n) is 10.6. The second kappa shape index (κ2) is 10.2. The third kappa shape index (κ3) is 3.83. The first-order chi connectivity index (χ1) is 19.8. The van der Waals surface area contributed by atoms with E-state index in [0.717, 1.165) is 12.1 Å². The van der Waals surface area contributed by atoms with Crippen molar-refractivity contribution in [2.75, 3.05) is 6.61 Å². The van der Waals surface area contributed by atoms with E-state index >= 15 is 13.2 Å². The van der Waals surface area contributed by atoms with E-state index in [1.165, 1.54) is 73.7 Å². The molecule has 218 valence electrons. The van der Waals surface area contributed by atoms with Crippen LogP contribution in [-0.4, -0.2) is 52.0 Å². The van der Waals surface area contributed by atoms with Crippen LogP contribution in [0.4, 0.5) is 13.2 Å². The number of aliphatic hydroxyl groups is 1. The van der Waals surface area contributed by atoms with Crippen LogP contribution in [0, 0.1) is 28.4 Å². The molecule has 0 aromatic heterocycles. The third-order valence-electron chi connectivity index (χ3n) is 8.56. The highest BCUT2D eigenvalue weighted by Crippen LogP contribution is 2.68. The highest BCUT2D eigenvalue weighted by Gasteiger charge is 2.87. The lowest BCUT2D eigenvalue weighted by Gasteiger charge is -2.56. The first-order valence-electron chi connectivity index (χ1n) is 13.2. The van der Waals surface area contributed by atoms with Crippen molar-refractivity contribution < 1.29 is 42.3 Å². The minimum Gasteiger partial charge on any atom is -0.466 e. The quantitative estimate of drug-likeness (QED) is 0.193. The summed E-state index contributed by atoms with van der Waals surface area (Å²) in [5.74, 6) is -11.3. The SMILES string of the molecule is CCOC(=O)[C@@H]1[C@@H](c2ccc(C)cc2)[C@@H]([N+](=O)[O-])[C@H](c2ccccc2)C2(C(=O)c3ccccc3C2=O)[C@@]1(O)C(F)(F)F. The molecule has 0 aliphatic heterocycles. The van der Waals surface area contributed by atoms with Crippen molar-refractivity contribution in [1.29, 1.82) is 0 Å². The third-order valence-corrected chi connectivity index (χ3v) is 8.56. The van der Waals surface area contributed by atoms with Gasteiger partial charge >= 0.3 is 12.1 Å².